The first-order valence-corrected chi connectivity index (χ1v) is 41.2. The van der Waals surface area contributed by atoms with Gasteiger partial charge >= 0.3 is 229 Å². The van der Waals surface area contributed by atoms with E-state index in [4.69, 9.17) is 21.0 Å². The van der Waals surface area contributed by atoms with Crippen molar-refractivity contribution in [2.75, 3.05) is 0 Å². The van der Waals surface area contributed by atoms with Crippen LogP contribution in [0.3, 0.4) is 0 Å². The molecule has 0 saturated carbocycles. The summed E-state index contributed by atoms with van der Waals surface area (Å²) < 4.78 is 238. The van der Waals surface area contributed by atoms with Crippen molar-refractivity contribution in [3.05, 3.63) is 60.1 Å². The summed E-state index contributed by atoms with van der Waals surface area (Å²) in [4.78, 5) is 0. The summed E-state index contributed by atoms with van der Waals surface area (Å²) in [6.45, 7) is 29.1. The summed E-state index contributed by atoms with van der Waals surface area (Å²) >= 11 is -34.5. The van der Waals surface area contributed by atoms with Crippen molar-refractivity contribution in [3.63, 3.8) is 0 Å². The summed E-state index contributed by atoms with van der Waals surface area (Å²) in [5, 5.41) is 87.2. The van der Waals surface area contributed by atoms with E-state index in [1.807, 2.05) is 83.1 Å². The number of aromatic nitrogens is 12. The molecule has 0 unspecified atom stereocenters. The molecule has 0 aliphatic carbocycles. The van der Waals surface area contributed by atoms with E-state index < -0.39 is 56.7 Å². The van der Waals surface area contributed by atoms with Crippen LogP contribution in [0.2, 0.25) is 0 Å². The van der Waals surface area contributed by atoms with Crippen LogP contribution in [-0.2, 0) is 89.5 Å². The SMILES string of the molecule is CC#N.CC#N.CC#N.CC#N.Cc1nnc(C)s1.Cc1nnc(C)s1.Cc1nnc(C)s1.Cc1nnc(C)s1.Cc1nnc(C)s1.Cc1nnc(C)s1.F[As-](F)(F)(F)(F)F.F[As-](F)(F)(F)(F)F.F[As-](F)(F)(F)(F)F.F[As-](F)(F)(F)(F)F.[Ag+].[Ag+].[Ag+].[Ag+]. The predicted octanol–water partition coefficient (Wildman–Crippen LogP) is 17.6. The van der Waals surface area contributed by atoms with Gasteiger partial charge in [0.1, 0.15) is 60.1 Å². The molecule has 524 valence electrons. The summed E-state index contributed by atoms with van der Waals surface area (Å²) in [5.74, 6) is 0. The minimum atomic E-state index is -11.1. The fourth-order valence-electron chi connectivity index (χ4n) is 2.37. The van der Waals surface area contributed by atoms with Gasteiger partial charge in [-0.2, -0.15) is 21.0 Å². The first-order chi connectivity index (χ1) is 35.2. The van der Waals surface area contributed by atoms with Crippen LogP contribution in [0, 0.1) is 128 Å². The van der Waals surface area contributed by atoms with Crippen LogP contribution < -0.4 is 0 Å². The van der Waals surface area contributed by atoms with Gasteiger partial charge in [0.2, 0.25) is 0 Å². The average molecular weight is 2040 g/mol. The molecule has 0 fully saturated rings. The molecule has 0 aromatic carbocycles. The molecule has 0 amide bonds. The zero-order chi connectivity index (χ0) is 68.1. The number of nitriles is 4. The van der Waals surface area contributed by atoms with Crippen LogP contribution in [0.25, 0.3) is 0 Å². The number of nitrogens with zero attached hydrogens (tertiary/aromatic N) is 16. The van der Waals surface area contributed by atoms with E-state index in [0.29, 0.717) is 0 Å². The second-order valence-electron chi connectivity index (χ2n) is 12.8. The van der Waals surface area contributed by atoms with Crippen LogP contribution >= 0.6 is 68.0 Å². The molecule has 6 aromatic rings. The summed E-state index contributed by atoms with van der Waals surface area (Å²) in [5.41, 5.74) is 0. The smallest absolute Gasteiger partial charge is 1.00 e. The molecule has 6 rings (SSSR count). The molecule has 0 N–H and O–H groups in total. The Bertz CT molecular complexity index is 2300. The number of rotatable bonds is 0. The second-order valence-corrected chi connectivity index (χ2v) is 37.2. The van der Waals surface area contributed by atoms with E-state index in [9.17, 15) is 83.2 Å². The summed E-state index contributed by atoms with van der Waals surface area (Å²) in [7, 11) is 0. The van der Waals surface area contributed by atoms with Crippen molar-refractivity contribution in [1.82, 2.24) is 61.2 Å². The summed E-state index contributed by atoms with van der Waals surface area (Å²) in [6.07, 6.45) is 0. The van der Waals surface area contributed by atoms with Gasteiger partial charge < -0.3 is 0 Å². The van der Waals surface area contributed by atoms with Crippen LogP contribution in [0.5, 0.6) is 0 Å². The third-order valence-electron chi connectivity index (χ3n) is 3.76. The van der Waals surface area contributed by atoms with Gasteiger partial charge in [0, 0.05) is 27.7 Å². The fourth-order valence-corrected chi connectivity index (χ4v) is 5.92. The van der Waals surface area contributed by atoms with Crippen molar-refractivity contribution < 1.29 is 173 Å². The first kappa shape index (κ1) is 112. The molecular formula is C32H48Ag4As4F24N16S6. The maximum absolute atomic E-state index is 11.1. The molecule has 0 aliphatic rings. The predicted molar refractivity (Wildman–Crippen MR) is 271 cm³/mol. The number of hydrogen-bond donors (Lipinski definition) is 0. The van der Waals surface area contributed by atoms with Crippen LogP contribution in [0.4, 0.5) is 83.2 Å². The Morgan fingerprint density at radius 1 is 0.209 bits per heavy atom. The van der Waals surface area contributed by atoms with Crippen LogP contribution in [0.15, 0.2) is 0 Å². The van der Waals surface area contributed by atoms with E-state index in [2.05, 4.69) is 61.2 Å². The zero-order valence-corrected chi connectivity index (χ0v) is 64.0. The maximum atomic E-state index is 9.91. The largest absolute Gasteiger partial charge is 1.00 e. The van der Waals surface area contributed by atoms with Crippen molar-refractivity contribution in [3.8, 4) is 24.3 Å². The minimum absolute atomic E-state index is 0. The van der Waals surface area contributed by atoms with Gasteiger partial charge in [-0.15, -0.1) is 129 Å². The van der Waals surface area contributed by atoms with Gasteiger partial charge in [-0.05, 0) is 83.1 Å². The molecule has 6 aromatic heterocycles. The molecular weight excluding hydrogens is 1990 g/mol. The monoisotopic (exact) mass is 2030 g/mol. The van der Waals surface area contributed by atoms with E-state index in [-0.39, 0.29) is 89.5 Å². The van der Waals surface area contributed by atoms with E-state index in [1.165, 1.54) is 27.7 Å². The standard InChI is InChI=1S/6C4H6N2S.4C2H3N.4Ag.4AsF6/c6*1-3-5-6-4(2)7-3;4*1-2-3;;;;;4*2-1(3,4,5,6)7/h6*1-2H3;4*1H3;;;;;;;;/q;;;;;;;;;;4*+1;4*-1. The Morgan fingerprint density at radius 3 is 0.256 bits per heavy atom. The fraction of sp³-hybridized carbons (Fsp3) is 0.500. The normalized spacial score (nSPS) is 12.5. The third kappa shape index (κ3) is 199. The second kappa shape index (κ2) is 42.1. The quantitative estimate of drug-likeness (QED) is 0.101. The van der Waals surface area contributed by atoms with E-state index in [0.717, 1.165) is 60.1 Å². The van der Waals surface area contributed by atoms with Gasteiger partial charge in [0.15, 0.2) is 0 Å². The van der Waals surface area contributed by atoms with Crippen LogP contribution in [0.1, 0.15) is 87.8 Å². The van der Waals surface area contributed by atoms with E-state index >= 15 is 0 Å². The molecule has 86 heavy (non-hydrogen) atoms. The Kier molecular flexibility index (Phi) is 55.1. The molecule has 0 radical (unpaired) electrons. The van der Waals surface area contributed by atoms with Gasteiger partial charge in [0.05, 0.1) is 24.3 Å². The molecule has 6 heterocycles. The molecule has 54 heteroatoms. The third-order valence-corrected chi connectivity index (χ3v) is 8.29. The Balaban J connectivity index is -0.0000000690. The Hall–Kier alpha value is -1.17. The molecule has 0 bridgehead atoms. The first-order valence-electron chi connectivity index (χ1n) is 19.3. The molecule has 16 nitrogen and oxygen atoms in total. The number of hydrogen-bond acceptors (Lipinski definition) is 22. The Morgan fingerprint density at radius 2 is 0.244 bits per heavy atom. The zero-order valence-electron chi connectivity index (χ0n) is 45.7. The minimum Gasteiger partial charge on any atom is 1.00 e. The molecule has 0 atom stereocenters. The molecule has 0 spiro atoms. The van der Waals surface area contributed by atoms with Gasteiger partial charge in [0.25, 0.3) is 0 Å². The number of aryl methyl sites for hydroxylation is 12. The van der Waals surface area contributed by atoms with E-state index in [1.54, 1.807) is 92.3 Å². The van der Waals surface area contributed by atoms with Crippen LogP contribution in [-0.4, -0.2) is 118 Å². The van der Waals surface area contributed by atoms with Crippen molar-refractivity contribution in [2.45, 2.75) is 111 Å². The Labute approximate surface area is 568 Å². The average Bonchev–Trinajstić information content (AvgIpc) is 4.04. The van der Waals surface area contributed by atoms with Crippen molar-refractivity contribution in [1.29, 1.82) is 21.0 Å². The maximum Gasteiger partial charge on any atom is 1.00 e. The van der Waals surface area contributed by atoms with Crippen molar-refractivity contribution >= 4 is 125 Å². The van der Waals surface area contributed by atoms with Gasteiger partial charge in [-0.3, -0.25) is 0 Å². The molecule has 0 aliphatic heterocycles. The number of halogens is 24. The molecule has 0 saturated heterocycles. The summed E-state index contributed by atoms with van der Waals surface area (Å²) in [6, 6.07) is 7.00. The topological polar surface area (TPSA) is 250 Å². The van der Waals surface area contributed by atoms with Gasteiger partial charge in [-0.25, -0.2) is 0 Å². The van der Waals surface area contributed by atoms with Crippen molar-refractivity contribution in [2.24, 2.45) is 0 Å². The van der Waals surface area contributed by atoms with Gasteiger partial charge in [-0.1, -0.05) is 0 Å².